The number of guanidine groups is 1. The molecule has 1 saturated carbocycles. The molecule has 2 rings (SSSR count). The number of amides is 1. The van der Waals surface area contributed by atoms with Crippen molar-refractivity contribution in [2.45, 2.75) is 78.3 Å². The van der Waals surface area contributed by atoms with Crippen LogP contribution in [0.3, 0.4) is 0 Å². The Kier molecular flexibility index (Phi) is 3.64. The Morgan fingerprint density at radius 1 is 1.20 bits per heavy atom. The van der Waals surface area contributed by atoms with E-state index < -0.39 is 5.54 Å². The van der Waals surface area contributed by atoms with Crippen molar-refractivity contribution in [1.29, 1.82) is 0 Å². The first-order valence-electron chi connectivity index (χ1n) is 7.74. The number of carbonyl (C=O) groups excluding carboxylic acids is 1. The third-order valence-electron chi connectivity index (χ3n) is 4.35. The SMILES string of the molecule is CC(C)(C)NC1=NC2(CCCCC2C(C)(C)C)C(=O)N1. The minimum Gasteiger partial charge on any atom is -0.351 e. The summed E-state index contributed by atoms with van der Waals surface area (Å²) in [6.45, 7) is 12.9. The number of rotatable bonds is 0. The van der Waals surface area contributed by atoms with Gasteiger partial charge < -0.3 is 5.32 Å². The normalized spacial score (nSPS) is 31.2. The monoisotopic (exact) mass is 279 g/mol. The summed E-state index contributed by atoms with van der Waals surface area (Å²) in [5, 5.41) is 6.28. The minimum atomic E-state index is -0.552. The summed E-state index contributed by atoms with van der Waals surface area (Å²) in [5.74, 6) is 1.05. The predicted molar refractivity (Wildman–Crippen MR) is 82.6 cm³/mol. The molecule has 1 amide bonds. The molecule has 1 spiro atoms. The molecule has 2 aliphatic rings. The van der Waals surface area contributed by atoms with E-state index in [1.165, 1.54) is 6.42 Å². The topological polar surface area (TPSA) is 53.5 Å². The molecule has 0 radical (unpaired) electrons. The van der Waals surface area contributed by atoms with Crippen molar-refractivity contribution < 1.29 is 4.79 Å². The second kappa shape index (κ2) is 4.74. The Bertz CT molecular complexity index is 428. The van der Waals surface area contributed by atoms with Crippen molar-refractivity contribution in [3.05, 3.63) is 0 Å². The number of carbonyl (C=O) groups is 1. The number of aliphatic imine (C=N–C) groups is 1. The van der Waals surface area contributed by atoms with Crippen LogP contribution in [0.2, 0.25) is 0 Å². The Hall–Kier alpha value is -1.06. The van der Waals surface area contributed by atoms with Crippen molar-refractivity contribution in [1.82, 2.24) is 10.6 Å². The highest BCUT2D eigenvalue weighted by Gasteiger charge is 2.54. The van der Waals surface area contributed by atoms with Crippen molar-refractivity contribution in [3.63, 3.8) is 0 Å². The van der Waals surface area contributed by atoms with Crippen molar-refractivity contribution in [2.75, 3.05) is 0 Å². The first kappa shape index (κ1) is 15.3. The van der Waals surface area contributed by atoms with Crippen LogP contribution in [0.5, 0.6) is 0 Å². The standard InChI is InChI=1S/C16H29N3O/c1-14(2,3)11-9-7-8-10-16(11)12(20)17-13(19-16)18-15(4,5)6/h11H,7-10H2,1-6H3,(H2,17,18,19,20). The maximum Gasteiger partial charge on any atom is 0.255 e. The molecule has 0 aromatic carbocycles. The third kappa shape index (κ3) is 2.84. The summed E-state index contributed by atoms with van der Waals surface area (Å²) in [7, 11) is 0. The minimum absolute atomic E-state index is 0.0869. The quantitative estimate of drug-likeness (QED) is 0.716. The summed E-state index contributed by atoms with van der Waals surface area (Å²) >= 11 is 0. The van der Waals surface area contributed by atoms with E-state index in [1.807, 2.05) is 0 Å². The van der Waals surface area contributed by atoms with Gasteiger partial charge in [-0.3, -0.25) is 10.1 Å². The summed E-state index contributed by atoms with van der Waals surface area (Å²) in [6.07, 6.45) is 4.25. The van der Waals surface area contributed by atoms with Crippen LogP contribution < -0.4 is 10.6 Å². The molecule has 1 aliphatic heterocycles. The van der Waals surface area contributed by atoms with Gasteiger partial charge in [0.2, 0.25) is 0 Å². The van der Waals surface area contributed by atoms with Crippen LogP contribution >= 0.6 is 0 Å². The summed E-state index contributed by atoms with van der Waals surface area (Å²) < 4.78 is 0. The molecule has 1 heterocycles. The lowest BCUT2D eigenvalue weighted by Gasteiger charge is -2.44. The first-order valence-corrected chi connectivity index (χ1v) is 7.74. The van der Waals surface area contributed by atoms with E-state index in [9.17, 15) is 4.79 Å². The van der Waals surface area contributed by atoms with Crippen molar-refractivity contribution in [3.8, 4) is 0 Å². The molecule has 2 N–H and O–H groups in total. The molecule has 1 fully saturated rings. The summed E-state index contributed by atoms with van der Waals surface area (Å²) in [6, 6.07) is 0. The highest BCUT2D eigenvalue weighted by Crippen LogP contribution is 2.47. The van der Waals surface area contributed by atoms with Crippen LogP contribution in [-0.2, 0) is 4.79 Å². The Balaban J connectivity index is 2.33. The number of nitrogens with one attached hydrogen (secondary N) is 2. The Morgan fingerprint density at radius 3 is 2.40 bits per heavy atom. The Morgan fingerprint density at radius 2 is 1.85 bits per heavy atom. The zero-order valence-electron chi connectivity index (χ0n) is 13.8. The van der Waals surface area contributed by atoms with E-state index in [0.717, 1.165) is 19.3 Å². The van der Waals surface area contributed by atoms with E-state index in [4.69, 9.17) is 4.99 Å². The van der Waals surface area contributed by atoms with Gasteiger partial charge >= 0.3 is 0 Å². The maximum absolute atomic E-state index is 12.6. The molecular weight excluding hydrogens is 250 g/mol. The molecule has 2 atom stereocenters. The zero-order valence-corrected chi connectivity index (χ0v) is 13.8. The van der Waals surface area contributed by atoms with E-state index in [1.54, 1.807) is 0 Å². The second-order valence-electron chi connectivity index (χ2n) is 8.38. The molecular formula is C16H29N3O. The van der Waals surface area contributed by atoms with E-state index in [0.29, 0.717) is 11.9 Å². The van der Waals surface area contributed by atoms with Gasteiger partial charge in [0.1, 0.15) is 5.54 Å². The van der Waals surface area contributed by atoms with E-state index >= 15 is 0 Å². The van der Waals surface area contributed by atoms with Gasteiger partial charge in [-0.2, -0.15) is 0 Å². The van der Waals surface area contributed by atoms with E-state index in [2.05, 4.69) is 52.2 Å². The van der Waals surface area contributed by atoms with Crippen molar-refractivity contribution >= 4 is 11.9 Å². The van der Waals surface area contributed by atoms with Crippen LogP contribution in [0.25, 0.3) is 0 Å². The lowest BCUT2D eigenvalue weighted by Crippen LogP contribution is -2.52. The molecule has 114 valence electrons. The summed E-state index contributed by atoms with van der Waals surface area (Å²) in [5.41, 5.74) is -0.550. The van der Waals surface area contributed by atoms with Crippen LogP contribution in [0.4, 0.5) is 0 Å². The number of nitrogens with zero attached hydrogens (tertiary/aromatic N) is 1. The van der Waals surface area contributed by atoms with E-state index in [-0.39, 0.29) is 16.9 Å². The van der Waals surface area contributed by atoms with Crippen LogP contribution in [0.1, 0.15) is 67.2 Å². The highest BCUT2D eigenvalue weighted by atomic mass is 16.2. The third-order valence-corrected chi connectivity index (χ3v) is 4.35. The average molecular weight is 279 g/mol. The molecule has 0 aromatic rings. The molecule has 4 nitrogen and oxygen atoms in total. The van der Waals surface area contributed by atoms with Gasteiger partial charge in [-0.15, -0.1) is 0 Å². The average Bonchev–Trinajstić information content (AvgIpc) is 2.51. The zero-order chi connectivity index (χ0) is 15.2. The van der Waals surface area contributed by atoms with Gasteiger partial charge in [0.05, 0.1) is 0 Å². The van der Waals surface area contributed by atoms with Gasteiger partial charge in [0, 0.05) is 5.54 Å². The highest BCUT2D eigenvalue weighted by molar-refractivity contribution is 6.07. The van der Waals surface area contributed by atoms with Crippen molar-refractivity contribution in [2.24, 2.45) is 16.3 Å². The van der Waals surface area contributed by atoms with Gasteiger partial charge in [-0.25, -0.2) is 4.99 Å². The van der Waals surface area contributed by atoms with Gasteiger partial charge in [-0.1, -0.05) is 33.6 Å². The van der Waals surface area contributed by atoms with Gasteiger partial charge in [-0.05, 0) is 44.9 Å². The first-order chi connectivity index (χ1) is 9.05. The molecule has 0 bridgehead atoms. The summed E-state index contributed by atoms with van der Waals surface area (Å²) in [4.78, 5) is 17.5. The number of hydrogen-bond acceptors (Lipinski definition) is 3. The van der Waals surface area contributed by atoms with Crippen LogP contribution in [0, 0.1) is 11.3 Å². The Labute approximate surface area is 122 Å². The number of hydrogen-bond donors (Lipinski definition) is 2. The molecule has 20 heavy (non-hydrogen) atoms. The molecule has 1 aliphatic carbocycles. The fourth-order valence-corrected chi connectivity index (χ4v) is 3.62. The largest absolute Gasteiger partial charge is 0.351 e. The molecule has 0 aromatic heterocycles. The van der Waals surface area contributed by atoms with Gasteiger partial charge in [0.15, 0.2) is 5.96 Å². The fraction of sp³-hybridized carbons (Fsp3) is 0.875. The molecule has 0 saturated heterocycles. The lowest BCUT2D eigenvalue weighted by atomic mass is 9.62. The smallest absolute Gasteiger partial charge is 0.255 e. The molecule has 4 heteroatoms. The van der Waals surface area contributed by atoms with Crippen LogP contribution in [-0.4, -0.2) is 22.9 Å². The fourth-order valence-electron chi connectivity index (χ4n) is 3.62. The molecule has 2 unspecified atom stereocenters. The van der Waals surface area contributed by atoms with Crippen LogP contribution in [0.15, 0.2) is 4.99 Å². The maximum atomic E-state index is 12.6. The van der Waals surface area contributed by atoms with Gasteiger partial charge in [0.25, 0.3) is 5.91 Å². The lowest BCUT2D eigenvalue weighted by molar-refractivity contribution is -0.129. The predicted octanol–water partition coefficient (Wildman–Crippen LogP) is 2.84. The second-order valence-corrected chi connectivity index (χ2v) is 8.38.